The third kappa shape index (κ3) is 5.57. The number of benzene rings is 2. The van der Waals surface area contributed by atoms with Crippen molar-refractivity contribution in [3.8, 4) is 0 Å². The molecular formula is C26H31BrN2O2. The van der Waals surface area contributed by atoms with Crippen molar-refractivity contribution in [3.05, 3.63) is 64.1 Å². The van der Waals surface area contributed by atoms with E-state index in [1.807, 2.05) is 46.2 Å². The van der Waals surface area contributed by atoms with Crippen LogP contribution in [0.1, 0.15) is 67.3 Å². The van der Waals surface area contributed by atoms with Gasteiger partial charge in [-0.05, 0) is 65.4 Å². The second kappa shape index (κ2) is 10.4. The van der Waals surface area contributed by atoms with Crippen LogP contribution in [0.4, 0.5) is 5.69 Å². The van der Waals surface area contributed by atoms with Crippen LogP contribution in [0.25, 0.3) is 0 Å². The van der Waals surface area contributed by atoms with E-state index >= 15 is 0 Å². The molecule has 31 heavy (non-hydrogen) atoms. The van der Waals surface area contributed by atoms with Crippen LogP contribution in [0.3, 0.4) is 0 Å². The summed E-state index contributed by atoms with van der Waals surface area (Å²) in [5, 5.41) is 0. The maximum atomic E-state index is 13.5. The van der Waals surface area contributed by atoms with Crippen molar-refractivity contribution in [1.29, 1.82) is 0 Å². The Morgan fingerprint density at radius 2 is 1.45 bits per heavy atom. The molecule has 0 aromatic heterocycles. The van der Waals surface area contributed by atoms with Crippen molar-refractivity contribution in [2.45, 2.75) is 57.9 Å². The minimum Gasteiger partial charge on any atom is -0.334 e. The van der Waals surface area contributed by atoms with Crippen LogP contribution in [-0.2, 0) is 11.3 Å². The summed E-state index contributed by atoms with van der Waals surface area (Å²) in [6.45, 7) is 2.01. The summed E-state index contributed by atoms with van der Waals surface area (Å²) < 4.78 is 0.821. The quantitative estimate of drug-likeness (QED) is 0.511. The van der Waals surface area contributed by atoms with Gasteiger partial charge in [-0.1, -0.05) is 56.0 Å². The summed E-state index contributed by atoms with van der Waals surface area (Å²) in [5.41, 5.74) is 2.72. The number of hydrogen-bond donors (Lipinski definition) is 0. The van der Waals surface area contributed by atoms with E-state index in [0.717, 1.165) is 67.3 Å². The van der Waals surface area contributed by atoms with Crippen molar-refractivity contribution < 1.29 is 9.59 Å². The average Bonchev–Trinajstić information content (AvgIpc) is 3.62. The van der Waals surface area contributed by atoms with E-state index in [1.165, 1.54) is 12.8 Å². The zero-order chi connectivity index (χ0) is 21.6. The van der Waals surface area contributed by atoms with Crippen LogP contribution in [-0.4, -0.2) is 29.8 Å². The first-order chi connectivity index (χ1) is 15.1. The Morgan fingerprint density at radius 1 is 0.806 bits per heavy atom. The Morgan fingerprint density at radius 3 is 2.19 bits per heavy atom. The van der Waals surface area contributed by atoms with Gasteiger partial charge in [-0.15, -0.1) is 0 Å². The van der Waals surface area contributed by atoms with Gasteiger partial charge in [0.1, 0.15) is 0 Å². The topological polar surface area (TPSA) is 40.6 Å². The molecule has 1 fully saturated rings. The zero-order valence-electron chi connectivity index (χ0n) is 18.1. The molecule has 0 saturated heterocycles. The molecular weight excluding hydrogens is 452 g/mol. The summed E-state index contributed by atoms with van der Waals surface area (Å²) in [7, 11) is 0. The largest absolute Gasteiger partial charge is 0.334 e. The van der Waals surface area contributed by atoms with E-state index in [-0.39, 0.29) is 17.7 Å². The number of para-hydroxylation sites is 1. The van der Waals surface area contributed by atoms with Crippen molar-refractivity contribution in [3.63, 3.8) is 0 Å². The van der Waals surface area contributed by atoms with Gasteiger partial charge in [0.05, 0.1) is 5.56 Å². The highest BCUT2D eigenvalue weighted by Crippen LogP contribution is 2.34. The first-order valence-electron chi connectivity index (χ1n) is 11.6. The highest BCUT2D eigenvalue weighted by atomic mass is 79.9. The molecule has 0 spiro atoms. The summed E-state index contributed by atoms with van der Waals surface area (Å²) in [4.78, 5) is 30.6. The first kappa shape index (κ1) is 22.1. The van der Waals surface area contributed by atoms with E-state index in [9.17, 15) is 9.59 Å². The number of amides is 2. The Bertz CT molecular complexity index is 925. The molecule has 0 bridgehead atoms. The molecule has 4 nitrogen and oxygen atoms in total. The fourth-order valence-electron chi connectivity index (χ4n) is 4.35. The zero-order valence-corrected chi connectivity index (χ0v) is 19.6. The molecule has 2 aromatic carbocycles. The second-order valence-electron chi connectivity index (χ2n) is 8.72. The molecule has 164 valence electrons. The number of halogens is 1. The van der Waals surface area contributed by atoms with Crippen LogP contribution < -0.4 is 4.90 Å². The van der Waals surface area contributed by atoms with Crippen molar-refractivity contribution in [2.75, 3.05) is 18.0 Å². The molecule has 1 saturated carbocycles. The predicted octanol–water partition coefficient (Wildman–Crippen LogP) is 6.19. The maximum absolute atomic E-state index is 13.5. The number of nitrogens with zero attached hydrogens (tertiary/aromatic N) is 2. The molecule has 1 aliphatic heterocycles. The fraction of sp³-hybridized carbons (Fsp3) is 0.462. The highest BCUT2D eigenvalue weighted by molar-refractivity contribution is 9.10. The van der Waals surface area contributed by atoms with E-state index in [0.29, 0.717) is 12.1 Å². The van der Waals surface area contributed by atoms with Crippen LogP contribution in [0.15, 0.2) is 53.0 Å². The molecule has 2 amide bonds. The van der Waals surface area contributed by atoms with Crippen LogP contribution in [0.5, 0.6) is 0 Å². The van der Waals surface area contributed by atoms with Gasteiger partial charge >= 0.3 is 0 Å². The van der Waals surface area contributed by atoms with Gasteiger partial charge in [-0.2, -0.15) is 0 Å². The van der Waals surface area contributed by atoms with E-state index in [4.69, 9.17) is 0 Å². The SMILES string of the molecule is O=C(c1ccccc1Br)N1CCCCCCCCN(C(=O)C2CC2)c2ccccc2C1. The Balaban J connectivity index is 1.66. The summed E-state index contributed by atoms with van der Waals surface area (Å²) in [6, 6.07) is 15.8. The molecule has 2 aliphatic rings. The predicted molar refractivity (Wildman–Crippen MR) is 128 cm³/mol. The van der Waals surface area contributed by atoms with Crippen LogP contribution >= 0.6 is 15.9 Å². The normalized spacial score (nSPS) is 18.4. The smallest absolute Gasteiger partial charge is 0.255 e. The third-order valence-electron chi connectivity index (χ3n) is 6.29. The fourth-order valence-corrected chi connectivity index (χ4v) is 4.80. The van der Waals surface area contributed by atoms with Gasteiger partial charge in [0.15, 0.2) is 0 Å². The lowest BCUT2D eigenvalue weighted by Gasteiger charge is -2.29. The summed E-state index contributed by atoms with van der Waals surface area (Å²) in [5.74, 6) is 0.477. The molecule has 5 heteroatoms. The van der Waals surface area contributed by atoms with Gasteiger partial charge in [0.2, 0.25) is 5.91 Å². The number of anilines is 1. The summed E-state index contributed by atoms with van der Waals surface area (Å²) in [6.07, 6.45) is 8.69. The van der Waals surface area contributed by atoms with Crippen molar-refractivity contribution >= 4 is 33.4 Å². The molecule has 0 atom stereocenters. The van der Waals surface area contributed by atoms with Crippen LogP contribution in [0, 0.1) is 5.92 Å². The molecule has 0 radical (unpaired) electrons. The van der Waals surface area contributed by atoms with Gasteiger partial charge in [0.25, 0.3) is 5.91 Å². The number of rotatable bonds is 2. The monoisotopic (exact) mass is 482 g/mol. The number of carbonyl (C=O) groups is 2. The highest BCUT2D eigenvalue weighted by Gasteiger charge is 2.34. The minimum atomic E-state index is 0.0391. The first-order valence-corrected chi connectivity index (χ1v) is 12.4. The molecule has 1 aliphatic carbocycles. The standard InChI is InChI=1S/C26H31BrN2O2/c27-23-13-7-6-12-22(23)26(31)28-17-9-3-1-2-4-10-18-29(25(30)20-15-16-20)24-14-8-5-11-21(24)19-28/h5-8,11-14,20H,1-4,9-10,15-19H2. The van der Waals surface area contributed by atoms with E-state index in [2.05, 4.69) is 28.1 Å². The maximum Gasteiger partial charge on any atom is 0.255 e. The summed E-state index contributed by atoms with van der Waals surface area (Å²) >= 11 is 3.54. The molecule has 2 aromatic rings. The lowest BCUT2D eigenvalue weighted by Crippen LogP contribution is -2.36. The van der Waals surface area contributed by atoms with E-state index in [1.54, 1.807) is 0 Å². The Hall–Kier alpha value is -2.14. The number of hydrogen-bond acceptors (Lipinski definition) is 2. The molecule has 0 unspecified atom stereocenters. The van der Waals surface area contributed by atoms with Crippen LogP contribution in [0.2, 0.25) is 0 Å². The lowest BCUT2D eigenvalue weighted by atomic mass is 10.1. The Labute approximate surface area is 193 Å². The minimum absolute atomic E-state index is 0.0391. The van der Waals surface area contributed by atoms with Gasteiger partial charge in [-0.3, -0.25) is 9.59 Å². The number of carbonyl (C=O) groups excluding carboxylic acids is 2. The average molecular weight is 483 g/mol. The molecule has 4 rings (SSSR count). The van der Waals surface area contributed by atoms with Gasteiger partial charge in [-0.25, -0.2) is 0 Å². The third-order valence-corrected chi connectivity index (χ3v) is 6.98. The van der Waals surface area contributed by atoms with E-state index < -0.39 is 0 Å². The number of fused-ring (bicyclic) bond motifs is 1. The Kier molecular flexibility index (Phi) is 7.44. The lowest BCUT2D eigenvalue weighted by molar-refractivity contribution is -0.119. The second-order valence-corrected chi connectivity index (χ2v) is 9.58. The molecule has 1 heterocycles. The van der Waals surface area contributed by atoms with Gasteiger partial charge in [0, 0.05) is 35.7 Å². The molecule has 0 N–H and O–H groups in total. The van der Waals surface area contributed by atoms with Crippen molar-refractivity contribution in [1.82, 2.24) is 4.90 Å². The van der Waals surface area contributed by atoms with Crippen molar-refractivity contribution in [2.24, 2.45) is 5.92 Å². The van der Waals surface area contributed by atoms with Gasteiger partial charge < -0.3 is 9.80 Å².